The first kappa shape index (κ1) is 27.4. The van der Waals surface area contributed by atoms with E-state index in [1.54, 1.807) is 14.2 Å². The van der Waals surface area contributed by atoms with Gasteiger partial charge in [-0.2, -0.15) is 0 Å². The summed E-state index contributed by atoms with van der Waals surface area (Å²) >= 11 is 0. The quantitative estimate of drug-likeness (QED) is 0.183. The van der Waals surface area contributed by atoms with Crippen LogP contribution in [0.3, 0.4) is 0 Å². The molecule has 2 aromatic heterocycles. The van der Waals surface area contributed by atoms with Crippen LogP contribution in [0.1, 0.15) is 0 Å². The van der Waals surface area contributed by atoms with E-state index >= 15 is 0 Å². The second kappa shape index (κ2) is 11.4. The minimum atomic E-state index is 0.686. The highest BCUT2D eigenvalue weighted by Crippen LogP contribution is 2.47. The Kier molecular flexibility index (Phi) is 6.80. The van der Waals surface area contributed by atoms with E-state index in [0.717, 1.165) is 67.3 Å². The van der Waals surface area contributed by atoms with E-state index in [1.807, 2.05) is 84.9 Å². The van der Waals surface area contributed by atoms with Crippen molar-refractivity contribution in [1.29, 1.82) is 0 Å². The number of nitrogens with zero attached hydrogens (tertiary/aromatic N) is 4. The number of benzene rings is 6. The number of hydrogen-bond acceptors (Lipinski definition) is 4. The third kappa shape index (κ3) is 4.42. The van der Waals surface area contributed by atoms with Gasteiger partial charge in [-0.05, 0) is 48.5 Å². The molecular formula is C40H30N4O2. The zero-order chi connectivity index (χ0) is 31.0. The van der Waals surface area contributed by atoms with Crippen molar-refractivity contribution in [2.45, 2.75) is 0 Å². The molecule has 6 aromatic carbocycles. The van der Waals surface area contributed by atoms with Crippen LogP contribution in [-0.2, 0) is 0 Å². The van der Waals surface area contributed by atoms with Gasteiger partial charge in [0.05, 0.1) is 36.4 Å². The molecule has 0 saturated heterocycles. The lowest BCUT2D eigenvalue weighted by Gasteiger charge is -2.15. The predicted octanol–water partition coefficient (Wildman–Crippen LogP) is 9.38. The highest BCUT2D eigenvalue weighted by molar-refractivity contribution is 6.08. The monoisotopic (exact) mass is 598 g/mol. The fraction of sp³-hybridized carbons (Fsp3) is 0.0500. The van der Waals surface area contributed by atoms with Crippen LogP contribution >= 0.6 is 0 Å². The van der Waals surface area contributed by atoms with Crippen molar-refractivity contribution in [3.05, 3.63) is 146 Å². The molecule has 0 saturated carbocycles. The van der Waals surface area contributed by atoms with Gasteiger partial charge < -0.3 is 9.47 Å². The second-order valence-electron chi connectivity index (χ2n) is 11.0. The summed E-state index contributed by atoms with van der Waals surface area (Å²) in [6.07, 6.45) is 0. The van der Waals surface area contributed by atoms with E-state index in [0.29, 0.717) is 11.5 Å². The van der Waals surface area contributed by atoms with Gasteiger partial charge in [0.2, 0.25) is 0 Å². The van der Waals surface area contributed by atoms with Crippen LogP contribution in [0.25, 0.3) is 67.3 Å². The first-order chi connectivity index (χ1) is 22.8. The molecule has 8 aromatic rings. The average molecular weight is 599 g/mol. The summed E-state index contributed by atoms with van der Waals surface area (Å²) in [5.74, 6) is 3.04. The Morgan fingerprint density at radius 1 is 0.413 bits per heavy atom. The molecule has 2 heterocycles. The number of aromatic nitrogens is 4. The Morgan fingerprint density at radius 2 is 0.761 bits per heavy atom. The molecule has 0 bridgehead atoms. The minimum absolute atomic E-state index is 0.686. The van der Waals surface area contributed by atoms with Crippen LogP contribution in [0.5, 0.6) is 11.5 Å². The van der Waals surface area contributed by atoms with Gasteiger partial charge in [0.15, 0.2) is 0 Å². The number of para-hydroxylation sites is 2. The van der Waals surface area contributed by atoms with E-state index in [2.05, 4.69) is 69.8 Å². The fourth-order valence-electron chi connectivity index (χ4n) is 6.31. The number of methoxy groups -OCH3 is 2. The van der Waals surface area contributed by atoms with E-state index in [4.69, 9.17) is 19.4 Å². The maximum Gasteiger partial charge on any atom is 0.145 e. The standard InChI is InChI=1S/C40H30N4O2/c1-45-33-25-23-31-37(41-39(27-15-7-3-8-16-27)43(31)29-19-11-5-12-20-29)35(33)36-34(46-2)26-24-32-38(36)42-40(28-17-9-4-10-18-28)44(32)30-21-13-6-14-22-30/h3-26H,1-2H3. The fourth-order valence-corrected chi connectivity index (χ4v) is 6.31. The van der Waals surface area contributed by atoms with Gasteiger partial charge in [0.25, 0.3) is 0 Å². The smallest absolute Gasteiger partial charge is 0.145 e. The molecule has 0 amide bonds. The Balaban J connectivity index is 1.51. The summed E-state index contributed by atoms with van der Waals surface area (Å²) in [5, 5.41) is 0. The molecule has 0 N–H and O–H groups in total. The third-order valence-corrected chi connectivity index (χ3v) is 8.36. The summed E-state index contributed by atoms with van der Waals surface area (Å²) in [4.78, 5) is 10.7. The van der Waals surface area contributed by atoms with Crippen molar-refractivity contribution in [3.8, 4) is 56.8 Å². The van der Waals surface area contributed by atoms with E-state index in [1.165, 1.54) is 0 Å². The molecule has 0 aliphatic carbocycles. The number of hydrogen-bond donors (Lipinski definition) is 0. The van der Waals surface area contributed by atoms with E-state index in [9.17, 15) is 0 Å². The SMILES string of the molecule is COc1ccc2c(nc(-c3ccccc3)n2-c2ccccc2)c1-c1c(OC)ccc2c1nc(-c1ccccc1)n2-c1ccccc1. The van der Waals surface area contributed by atoms with E-state index < -0.39 is 0 Å². The highest BCUT2D eigenvalue weighted by atomic mass is 16.5. The van der Waals surface area contributed by atoms with Gasteiger partial charge in [-0.25, -0.2) is 9.97 Å². The largest absolute Gasteiger partial charge is 0.496 e. The van der Waals surface area contributed by atoms with Gasteiger partial charge >= 0.3 is 0 Å². The topological polar surface area (TPSA) is 54.1 Å². The highest BCUT2D eigenvalue weighted by Gasteiger charge is 2.27. The minimum Gasteiger partial charge on any atom is -0.496 e. The molecule has 0 radical (unpaired) electrons. The average Bonchev–Trinajstić information content (AvgIpc) is 3.72. The Labute approximate surface area is 266 Å². The van der Waals surface area contributed by atoms with Crippen LogP contribution in [0.2, 0.25) is 0 Å². The molecule has 0 aliphatic heterocycles. The van der Waals surface area contributed by atoms with Gasteiger partial charge in [-0.15, -0.1) is 0 Å². The van der Waals surface area contributed by atoms with Gasteiger partial charge in [0.1, 0.15) is 34.2 Å². The van der Waals surface area contributed by atoms with Crippen LogP contribution in [-0.4, -0.2) is 33.3 Å². The van der Waals surface area contributed by atoms with Crippen LogP contribution in [0, 0.1) is 0 Å². The van der Waals surface area contributed by atoms with Crippen LogP contribution < -0.4 is 9.47 Å². The number of imidazole rings is 2. The molecule has 8 rings (SSSR count). The molecule has 0 fully saturated rings. The van der Waals surface area contributed by atoms with Gasteiger partial charge in [-0.1, -0.05) is 97.1 Å². The number of rotatable bonds is 7. The second-order valence-corrected chi connectivity index (χ2v) is 11.0. The summed E-state index contributed by atoms with van der Waals surface area (Å²) < 4.78 is 16.6. The Hall–Kier alpha value is -6.14. The molecule has 0 atom stereocenters. The molecule has 0 unspecified atom stereocenters. The van der Waals surface area contributed by atoms with Crippen molar-refractivity contribution >= 4 is 22.1 Å². The predicted molar refractivity (Wildman–Crippen MR) is 185 cm³/mol. The summed E-state index contributed by atoms with van der Waals surface area (Å²) in [5.41, 5.74) is 9.20. The van der Waals surface area contributed by atoms with Crippen LogP contribution in [0.4, 0.5) is 0 Å². The van der Waals surface area contributed by atoms with E-state index in [-0.39, 0.29) is 0 Å². The van der Waals surface area contributed by atoms with Crippen molar-refractivity contribution in [3.63, 3.8) is 0 Å². The summed E-state index contributed by atoms with van der Waals surface area (Å²) in [6, 6.07) is 49.4. The molecule has 46 heavy (non-hydrogen) atoms. The van der Waals surface area contributed by atoms with Crippen molar-refractivity contribution < 1.29 is 9.47 Å². The first-order valence-electron chi connectivity index (χ1n) is 15.2. The lowest BCUT2D eigenvalue weighted by atomic mass is 9.99. The molecule has 222 valence electrons. The zero-order valence-corrected chi connectivity index (χ0v) is 25.5. The Morgan fingerprint density at radius 3 is 1.11 bits per heavy atom. The molecule has 0 aliphatic rings. The van der Waals surface area contributed by atoms with Crippen molar-refractivity contribution in [2.24, 2.45) is 0 Å². The lowest BCUT2D eigenvalue weighted by Crippen LogP contribution is -1.98. The zero-order valence-electron chi connectivity index (χ0n) is 25.5. The maximum absolute atomic E-state index is 6.08. The molecule has 6 heteroatoms. The van der Waals surface area contributed by atoms with Gasteiger partial charge in [0, 0.05) is 22.5 Å². The lowest BCUT2D eigenvalue weighted by molar-refractivity contribution is 0.411. The van der Waals surface area contributed by atoms with Crippen LogP contribution in [0.15, 0.2) is 146 Å². The van der Waals surface area contributed by atoms with Crippen molar-refractivity contribution in [1.82, 2.24) is 19.1 Å². The normalized spacial score (nSPS) is 11.3. The van der Waals surface area contributed by atoms with Gasteiger partial charge in [-0.3, -0.25) is 9.13 Å². The first-order valence-corrected chi connectivity index (χ1v) is 15.2. The summed E-state index contributed by atoms with van der Waals surface area (Å²) in [6.45, 7) is 0. The summed E-state index contributed by atoms with van der Waals surface area (Å²) in [7, 11) is 3.39. The Bertz CT molecular complexity index is 2140. The third-order valence-electron chi connectivity index (χ3n) is 8.36. The number of ether oxygens (including phenoxy) is 2. The number of fused-ring (bicyclic) bond motifs is 2. The maximum atomic E-state index is 6.08. The molecule has 0 spiro atoms. The molecular weight excluding hydrogens is 568 g/mol. The van der Waals surface area contributed by atoms with Crippen molar-refractivity contribution in [2.75, 3.05) is 14.2 Å². The molecule has 6 nitrogen and oxygen atoms in total.